The summed E-state index contributed by atoms with van der Waals surface area (Å²) in [6.45, 7) is 5.90. The maximum atomic E-state index is 12.8. The summed E-state index contributed by atoms with van der Waals surface area (Å²) in [6.07, 6.45) is 4.56. The number of aliphatic hydroxyl groups excluding tert-OH is 1. The van der Waals surface area contributed by atoms with Gasteiger partial charge < -0.3 is 15.3 Å². The van der Waals surface area contributed by atoms with Gasteiger partial charge in [0.15, 0.2) is 0 Å². The molecule has 3 rings (SSSR count). The van der Waals surface area contributed by atoms with Gasteiger partial charge in [-0.1, -0.05) is 43.1 Å². The van der Waals surface area contributed by atoms with E-state index in [0.29, 0.717) is 27.9 Å². The van der Waals surface area contributed by atoms with Gasteiger partial charge in [0.05, 0.1) is 28.3 Å². The lowest BCUT2D eigenvalue weighted by Gasteiger charge is -2.22. The maximum Gasteiger partial charge on any atom is 0.253 e. The number of carbonyl (C=O) groups excluding carboxylic acids is 1. The molecule has 1 atom stereocenters. The van der Waals surface area contributed by atoms with Gasteiger partial charge in [-0.2, -0.15) is 0 Å². The van der Waals surface area contributed by atoms with E-state index in [-0.39, 0.29) is 18.6 Å². The van der Waals surface area contributed by atoms with Crippen molar-refractivity contribution in [3.63, 3.8) is 0 Å². The quantitative estimate of drug-likeness (QED) is 0.655. The molecule has 0 saturated carbocycles. The number of nitrogens with one attached hydrogen (secondary N) is 1. The number of amides is 1. The summed E-state index contributed by atoms with van der Waals surface area (Å²) in [6, 6.07) is 7.01. The van der Waals surface area contributed by atoms with Crippen molar-refractivity contribution in [3.8, 4) is 11.1 Å². The van der Waals surface area contributed by atoms with Gasteiger partial charge in [-0.3, -0.25) is 4.79 Å². The van der Waals surface area contributed by atoms with E-state index in [4.69, 9.17) is 23.2 Å². The minimum absolute atomic E-state index is 0.0944. The van der Waals surface area contributed by atoms with Crippen molar-refractivity contribution in [1.29, 1.82) is 0 Å². The van der Waals surface area contributed by atoms with Crippen LogP contribution in [0.5, 0.6) is 0 Å². The molecule has 1 fully saturated rings. The van der Waals surface area contributed by atoms with Gasteiger partial charge in [0.25, 0.3) is 5.91 Å². The van der Waals surface area contributed by atoms with Gasteiger partial charge in [-0.25, -0.2) is 4.98 Å². The van der Waals surface area contributed by atoms with Crippen LogP contribution in [0.4, 0.5) is 5.82 Å². The monoisotopic (exact) mass is 435 g/mol. The van der Waals surface area contributed by atoms with Crippen LogP contribution in [0.3, 0.4) is 0 Å². The Bertz CT molecular complexity index is 867. The van der Waals surface area contributed by atoms with Crippen LogP contribution in [0.15, 0.2) is 30.5 Å². The van der Waals surface area contributed by atoms with Crippen molar-refractivity contribution in [1.82, 2.24) is 10.3 Å². The number of hydrogen-bond donors (Lipinski definition) is 2. The Morgan fingerprint density at radius 2 is 1.93 bits per heavy atom. The number of aromatic nitrogens is 1. The lowest BCUT2D eigenvalue weighted by molar-refractivity contribution is 0.0908. The average molecular weight is 436 g/mol. The van der Waals surface area contributed by atoms with Crippen molar-refractivity contribution in [2.24, 2.45) is 5.92 Å². The molecule has 0 aliphatic carbocycles. The molecule has 7 heteroatoms. The fourth-order valence-electron chi connectivity index (χ4n) is 3.66. The van der Waals surface area contributed by atoms with E-state index in [9.17, 15) is 9.90 Å². The summed E-state index contributed by atoms with van der Waals surface area (Å²) >= 11 is 12.3. The number of benzene rings is 1. The van der Waals surface area contributed by atoms with Crippen LogP contribution in [-0.2, 0) is 0 Å². The van der Waals surface area contributed by atoms with Crippen LogP contribution in [0.25, 0.3) is 11.1 Å². The third kappa shape index (κ3) is 5.41. The molecule has 1 aromatic carbocycles. The van der Waals surface area contributed by atoms with E-state index in [1.165, 1.54) is 0 Å². The van der Waals surface area contributed by atoms with E-state index in [2.05, 4.69) is 29.0 Å². The molecule has 1 saturated heterocycles. The highest BCUT2D eigenvalue weighted by Gasteiger charge is 2.21. The van der Waals surface area contributed by atoms with Crippen LogP contribution >= 0.6 is 23.2 Å². The Hall–Kier alpha value is -1.82. The predicted octanol–water partition coefficient (Wildman–Crippen LogP) is 4.79. The first-order valence-electron chi connectivity index (χ1n) is 10.0. The number of halogens is 2. The standard InChI is InChI=1S/C22H27Cl2N3O2/c1-14(2)9-17(13-28)26-22(29)16-10-18(15-5-6-19(23)20(24)11-15)21(25-12-16)27-7-3-4-8-27/h5-6,10-12,14,17,28H,3-4,7-9,13H2,1-2H3,(H,26,29)/t17-/m0/s1. The van der Waals surface area contributed by atoms with Gasteiger partial charge in [-0.15, -0.1) is 0 Å². The highest BCUT2D eigenvalue weighted by atomic mass is 35.5. The summed E-state index contributed by atoms with van der Waals surface area (Å²) in [5.41, 5.74) is 2.17. The number of hydrogen-bond acceptors (Lipinski definition) is 4. The summed E-state index contributed by atoms with van der Waals surface area (Å²) in [5, 5.41) is 13.4. The molecule has 0 spiro atoms. The summed E-state index contributed by atoms with van der Waals surface area (Å²) < 4.78 is 0. The predicted molar refractivity (Wildman–Crippen MR) is 119 cm³/mol. The van der Waals surface area contributed by atoms with Gasteiger partial charge in [0.1, 0.15) is 5.82 Å². The molecule has 1 aromatic heterocycles. The first kappa shape index (κ1) is 21.9. The Labute approximate surface area is 182 Å². The van der Waals surface area contributed by atoms with E-state index in [1.54, 1.807) is 18.3 Å². The minimum atomic E-state index is -0.283. The van der Waals surface area contributed by atoms with Crippen molar-refractivity contribution >= 4 is 34.9 Å². The lowest BCUT2D eigenvalue weighted by atomic mass is 10.0. The largest absolute Gasteiger partial charge is 0.394 e. The van der Waals surface area contributed by atoms with Gasteiger partial charge in [-0.05, 0) is 48.9 Å². The maximum absolute atomic E-state index is 12.8. The molecule has 1 aliphatic heterocycles. The van der Waals surface area contributed by atoms with Gasteiger partial charge in [0, 0.05) is 24.8 Å². The number of carbonyl (C=O) groups is 1. The molecule has 5 nitrogen and oxygen atoms in total. The topological polar surface area (TPSA) is 65.5 Å². The Morgan fingerprint density at radius 3 is 2.55 bits per heavy atom. The molecule has 0 radical (unpaired) electrons. The number of aliphatic hydroxyl groups is 1. The normalized spacial score (nSPS) is 15.0. The van der Waals surface area contributed by atoms with Crippen LogP contribution in [0.1, 0.15) is 43.5 Å². The number of nitrogens with zero attached hydrogens (tertiary/aromatic N) is 2. The van der Waals surface area contributed by atoms with E-state index in [1.807, 2.05) is 12.1 Å². The van der Waals surface area contributed by atoms with E-state index in [0.717, 1.165) is 42.9 Å². The molecule has 0 bridgehead atoms. The molecule has 2 N–H and O–H groups in total. The van der Waals surface area contributed by atoms with Crippen molar-refractivity contribution in [2.45, 2.75) is 39.2 Å². The molecule has 1 amide bonds. The number of anilines is 1. The second-order valence-corrected chi connectivity index (χ2v) is 8.72. The smallest absolute Gasteiger partial charge is 0.253 e. The lowest BCUT2D eigenvalue weighted by Crippen LogP contribution is -2.38. The van der Waals surface area contributed by atoms with E-state index >= 15 is 0 Å². The van der Waals surface area contributed by atoms with Crippen molar-refractivity contribution in [2.75, 3.05) is 24.6 Å². The van der Waals surface area contributed by atoms with Crippen molar-refractivity contribution in [3.05, 3.63) is 46.1 Å². The number of rotatable bonds is 7. The van der Waals surface area contributed by atoms with Crippen LogP contribution in [0, 0.1) is 5.92 Å². The Morgan fingerprint density at radius 1 is 1.21 bits per heavy atom. The zero-order valence-corrected chi connectivity index (χ0v) is 18.3. The molecule has 1 aliphatic rings. The van der Waals surface area contributed by atoms with Gasteiger partial charge in [0.2, 0.25) is 0 Å². The second kappa shape index (κ2) is 9.79. The zero-order valence-electron chi connectivity index (χ0n) is 16.8. The second-order valence-electron chi connectivity index (χ2n) is 7.90. The fourth-order valence-corrected chi connectivity index (χ4v) is 3.95. The van der Waals surface area contributed by atoms with Crippen LogP contribution in [0.2, 0.25) is 10.0 Å². The van der Waals surface area contributed by atoms with Crippen LogP contribution in [-0.4, -0.2) is 41.7 Å². The van der Waals surface area contributed by atoms with Crippen molar-refractivity contribution < 1.29 is 9.90 Å². The van der Waals surface area contributed by atoms with Gasteiger partial charge >= 0.3 is 0 Å². The van der Waals surface area contributed by atoms with Crippen LogP contribution < -0.4 is 10.2 Å². The first-order valence-corrected chi connectivity index (χ1v) is 10.8. The minimum Gasteiger partial charge on any atom is -0.394 e. The summed E-state index contributed by atoms with van der Waals surface area (Å²) in [4.78, 5) is 19.7. The summed E-state index contributed by atoms with van der Waals surface area (Å²) in [5.74, 6) is 0.972. The highest BCUT2D eigenvalue weighted by molar-refractivity contribution is 6.42. The molecule has 29 heavy (non-hydrogen) atoms. The average Bonchev–Trinajstić information content (AvgIpc) is 3.23. The Kier molecular flexibility index (Phi) is 7.38. The molecule has 2 aromatic rings. The molecule has 0 unspecified atom stereocenters. The molecule has 156 valence electrons. The number of pyridine rings is 1. The molecular formula is C22H27Cl2N3O2. The van der Waals surface area contributed by atoms with E-state index < -0.39 is 0 Å². The Balaban J connectivity index is 1.95. The zero-order chi connectivity index (χ0) is 21.0. The third-order valence-electron chi connectivity index (χ3n) is 5.08. The SMILES string of the molecule is CC(C)C[C@@H](CO)NC(=O)c1cnc(N2CCCC2)c(-c2ccc(Cl)c(Cl)c2)c1. The first-order chi connectivity index (χ1) is 13.9. The molecule has 2 heterocycles. The molecular weight excluding hydrogens is 409 g/mol. The summed E-state index contributed by atoms with van der Waals surface area (Å²) in [7, 11) is 0. The third-order valence-corrected chi connectivity index (χ3v) is 5.82. The highest BCUT2D eigenvalue weighted by Crippen LogP contribution is 2.35. The fraction of sp³-hybridized carbons (Fsp3) is 0.455.